The quantitative estimate of drug-likeness (QED) is 0.338. The Bertz CT molecular complexity index is 1220. The number of amides is 1. The van der Waals surface area contributed by atoms with Crippen LogP contribution in [-0.2, 0) is 16.0 Å². The number of benzene rings is 2. The van der Waals surface area contributed by atoms with E-state index in [9.17, 15) is 4.79 Å². The summed E-state index contributed by atoms with van der Waals surface area (Å²) in [7, 11) is 0. The largest absolute Gasteiger partial charge is 0.484 e. The minimum Gasteiger partial charge on any atom is -0.484 e. The van der Waals surface area contributed by atoms with Crippen molar-refractivity contribution in [1.29, 1.82) is 0 Å². The summed E-state index contributed by atoms with van der Waals surface area (Å²) in [6.45, 7) is 5.49. The average Bonchev–Trinajstić information content (AvgIpc) is 3.51. The Morgan fingerprint density at radius 2 is 1.77 bits per heavy atom. The summed E-state index contributed by atoms with van der Waals surface area (Å²) in [6.07, 6.45) is 2.85. The van der Waals surface area contributed by atoms with Gasteiger partial charge in [0.05, 0.1) is 18.9 Å². The topological polar surface area (TPSA) is 59.3 Å². The highest BCUT2D eigenvalue weighted by Gasteiger charge is 2.19. The summed E-state index contributed by atoms with van der Waals surface area (Å²) in [5.41, 5.74) is 3.23. The summed E-state index contributed by atoms with van der Waals surface area (Å²) < 4.78 is 13.4. The molecule has 0 atom stereocenters. The number of ether oxygens (including phenoxy) is 2. The van der Waals surface area contributed by atoms with Gasteiger partial charge >= 0.3 is 0 Å². The highest BCUT2D eigenvalue weighted by molar-refractivity contribution is 7.15. The molecule has 0 spiro atoms. The van der Waals surface area contributed by atoms with Gasteiger partial charge in [-0.15, -0.1) is 11.3 Å². The molecule has 0 aliphatic carbocycles. The molecule has 8 heteroatoms. The summed E-state index contributed by atoms with van der Waals surface area (Å²) >= 11 is 1.63. The lowest BCUT2D eigenvalue weighted by molar-refractivity contribution is -0.133. The fraction of sp³-hybridized carbons (Fsp3) is 0.333. The number of carbonyl (C=O) groups excluding carboxylic acids is 1. The number of hydrogen-bond acceptors (Lipinski definition) is 6. The van der Waals surface area contributed by atoms with Crippen LogP contribution < -0.4 is 4.74 Å². The third kappa shape index (κ3) is 6.08. The zero-order chi connectivity index (χ0) is 23.9. The average molecular weight is 491 g/mol. The molecule has 3 heterocycles. The molecular formula is C27H30N4O3S. The number of rotatable bonds is 10. The molecule has 4 aromatic rings. The van der Waals surface area contributed by atoms with E-state index in [-0.39, 0.29) is 12.5 Å². The van der Waals surface area contributed by atoms with Crippen LogP contribution >= 0.6 is 11.3 Å². The minimum atomic E-state index is 0.00388. The molecule has 2 aromatic heterocycles. The van der Waals surface area contributed by atoms with Gasteiger partial charge in [-0.05, 0) is 12.1 Å². The van der Waals surface area contributed by atoms with Gasteiger partial charge in [0, 0.05) is 62.0 Å². The number of hydrogen-bond donors (Lipinski definition) is 0. The predicted molar refractivity (Wildman–Crippen MR) is 138 cm³/mol. The second kappa shape index (κ2) is 11.5. The van der Waals surface area contributed by atoms with Crippen LogP contribution in [0.3, 0.4) is 0 Å². The van der Waals surface area contributed by atoms with Crippen molar-refractivity contribution in [3.8, 4) is 17.0 Å². The molecule has 1 aliphatic rings. The third-order valence-corrected chi connectivity index (χ3v) is 7.13. The summed E-state index contributed by atoms with van der Waals surface area (Å²) in [4.78, 5) is 23.2. The van der Waals surface area contributed by atoms with E-state index in [1.54, 1.807) is 11.3 Å². The van der Waals surface area contributed by atoms with E-state index in [4.69, 9.17) is 14.5 Å². The monoisotopic (exact) mass is 490 g/mol. The Balaban J connectivity index is 1.25. The molecule has 7 nitrogen and oxygen atoms in total. The van der Waals surface area contributed by atoms with E-state index in [1.807, 2.05) is 53.4 Å². The first kappa shape index (κ1) is 23.5. The maximum absolute atomic E-state index is 13.1. The zero-order valence-electron chi connectivity index (χ0n) is 19.7. The lowest BCUT2D eigenvalue weighted by Crippen LogP contribution is -2.44. The predicted octanol–water partition coefficient (Wildman–Crippen LogP) is 3.85. The molecule has 2 aromatic carbocycles. The van der Waals surface area contributed by atoms with Crippen LogP contribution in [0.25, 0.3) is 16.2 Å². The van der Waals surface area contributed by atoms with Crippen molar-refractivity contribution in [3.05, 3.63) is 77.9 Å². The Morgan fingerprint density at radius 1 is 1.03 bits per heavy atom. The molecule has 1 saturated heterocycles. The van der Waals surface area contributed by atoms with Crippen LogP contribution in [0.1, 0.15) is 5.69 Å². The van der Waals surface area contributed by atoms with Crippen molar-refractivity contribution in [2.75, 3.05) is 52.5 Å². The highest BCUT2D eigenvalue weighted by Crippen LogP contribution is 2.24. The smallest absolute Gasteiger partial charge is 0.260 e. The van der Waals surface area contributed by atoms with Gasteiger partial charge in [0.15, 0.2) is 11.6 Å². The van der Waals surface area contributed by atoms with Crippen LogP contribution in [0.4, 0.5) is 0 Å². The number of carbonyl (C=O) groups is 1. The van der Waals surface area contributed by atoms with Crippen molar-refractivity contribution in [2.24, 2.45) is 0 Å². The number of imidazole rings is 1. The molecule has 0 radical (unpaired) electrons. The fourth-order valence-electron chi connectivity index (χ4n) is 4.21. The molecule has 1 amide bonds. The molecule has 182 valence electrons. The molecule has 0 saturated carbocycles. The summed E-state index contributed by atoms with van der Waals surface area (Å²) in [5.74, 6) is 0.713. The van der Waals surface area contributed by atoms with Crippen LogP contribution in [0.2, 0.25) is 0 Å². The van der Waals surface area contributed by atoms with Crippen molar-refractivity contribution < 1.29 is 14.3 Å². The molecular weight excluding hydrogens is 460 g/mol. The van der Waals surface area contributed by atoms with Crippen LogP contribution in [0.5, 0.6) is 5.75 Å². The van der Waals surface area contributed by atoms with Crippen LogP contribution in [0, 0.1) is 0 Å². The zero-order valence-corrected chi connectivity index (χ0v) is 20.5. The molecule has 1 aliphatic heterocycles. The molecule has 1 fully saturated rings. The lowest BCUT2D eigenvalue weighted by Gasteiger charge is -2.30. The van der Waals surface area contributed by atoms with Crippen LogP contribution in [-0.4, -0.2) is 77.6 Å². The number of thiazole rings is 1. The maximum atomic E-state index is 13.1. The standard InChI is InChI=1S/C27H30N4O3S/c32-26(20-34-24-9-5-2-6-10-24)30(14-13-29-15-17-33-18-16-29)12-11-23-21-35-27-28-25(19-31(23)27)22-7-3-1-4-8-22/h1-10,19,21H,11-18,20H2. The Morgan fingerprint density at radius 3 is 2.54 bits per heavy atom. The van der Waals surface area contributed by atoms with Gasteiger partial charge in [0.1, 0.15) is 5.75 Å². The number of para-hydroxylation sites is 1. The number of aromatic nitrogens is 2. The molecule has 5 rings (SSSR count). The van der Waals surface area contributed by atoms with E-state index >= 15 is 0 Å². The minimum absolute atomic E-state index is 0.00388. The lowest BCUT2D eigenvalue weighted by atomic mass is 10.2. The van der Waals surface area contributed by atoms with Crippen molar-refractivity contribution in [1.82, 2.24) is 19.2 Å². The van der Waals surface area contributed by atoms with E-state index in [1.165, 1.54) is 0 Å². The number of fused-ring (bicyclic) bond motifs is 1. The van der Waals surface area contributed by atoms with Gasteiger partial charge in [0.2, 0.25) is 0 Å². The Kier molecular flexibility index (Phi) is 7.72. The first-order valence-corrected chi connectivity index (χ1v) is 12.9. The second-order valence-electron chi connectivity index (χ2n) is 8.56. The van der Waals surface area contributed by atoms with Gasteiger partial charge in [-0.3, -0.25) is 14.1 Å². The number of morpholine rings is 1. The normalized spacial score (nSPS) is 14.3. The third-order valence-electron chi connectivity index (χ3n) is 6.24. The van der Waals surface area contributed by atoms with Gasteiger partial charge in [-0.1, -0.05) is 48.5 Å². The first-order chi connectivity index (χ1) is 17.3. The highest BCUT2D eigenvalue weighted by atomic mass is 32.1. The second-order valence-corrected chi connectivity index (χ2v) is 9.39. The Labute approximate surface area is 209 Å². The number of nitrogens with zero attached hydrogens (tertiary/aromatic N) is 4. The van der Waals surface area contributed by atoms with E-state index in [0.717, 1.165) is 61.2 Å². The van der Waals surface area contributed by atoms with E-state index in [2.05, 4.69) is 33.0 Å². The maximum Gasteiger partial charge on any atom is 0.260 e. The fourth-order valence-corrected chi connectivity index (χ4v) is 5.12. The molecule has 0 bridgehead atoms. The summed E-state index contributed by atoms with van der Waals surface area (Å²) in [5, 5.41) is 2.14. The van der Waals surface area contributed by atoms with E-state index < -0.39 is 0 Å². The van der Waals surface area contributed by atoms with Crippen molar-refractivity contribution in [3.63, 3.8) is 0 Å². The van der Waals surface area contributed by atoms with Crippen molar-refractivity contribution in [2.45, 2.75) is 6.42 Å². The molecule has 0 N–H and O–H groups in total. The van der Waals surface area contributed by atoms with E-state index in [0.29, 0.717) is 18.8 Å². The van der Waals surface area contributed by atoms with Crippen molar-refractivity contribution >= 4 is 22.2 Å². The van der Waals surface area contributed by atoms with Gasteiger partial charge < -0.3 is 14.4 Å². The van der Waals surface area contributed by atoms with Gasteiger partial charge in [-0.2, -0.15) is 0 Å². The molecule has 0 unspecified atom stereocenters. The van der Waals surface area contributed by atoms with Crippen LogP contribution in [0.15, 0.2) is 72.2 Å². The molecule has 35 heavy (non-hydrogen) atoms. The van der Waals surface area contributed by atoms with Gasteiger partial charge in [0.25, 0.3) is 5.91 Å². The SMILES string of the molecule is O=C(COc1ccccc1)N(CCc1csc2nc(-c3ccccc3)cn12)CCN1CCOCC1. The first-order valence-electron chi connectivity index (χ1n) is 12.0. The van der Waals surface area contributed by atoms with Gasteiger partial charge in [-0.25, -0.2) is 4.98 Å². The summed E-state index contributed by atoms with van der Waals surface area (Å²) in [6, 6.07) is 19.7. The Hall–Kier alpha value is -3.20.